The van der Waals surface area contributed by atoms with Gasteiger partial charge in [0.1, 0.15) is 0 Å². The molecule has 0 N–H and O–H groups in total. The summed E-state index contributed by atoms with van der Waals surface area (Å²) in [5, 5.41) is 0. The molecule has 0 aromatic carbocycles. The van der Waals surface area contributed by atoms with E-state index in [0.717, 1.165) is 18.9 Å². The van der Waals surface area contributed by atoms with Crippen molar-refractivity contribution in [3.05, 3.63) is 0 Å². The Morgan fingerprint density at radius 1 is 1.31 bits per heavy atom. The van der Waals surface area contributed by atoms with Crippen LogP contribution in [0.1, 0.15) is 25.7 Å². The summed E-state index contributed by atoms with van der Waals surface area (Å²) >= 11 is 0. The number of rotatable bonds is 1. The van der Waals surface area contributed by atoms with E-state index in [1.807, 2.05) is 0 Å². The maximum absolute atomic E-state index is 11.5. The standard InChI is InChI=1S/C10H17NO2/c1-11-7-3-5-8(10(12)13-2)9(11)6-4-7/h7-9H,3-6H2,1-2H3/t7-,8-,9+/m0/s1. The average molecular weight is 183 g/mol. The first-order valence-electron chi connectivity index (χ1n) is 5.04. The van der Waals surface area contributed by atoms with E-state index in [0.29, 0.717) is 6.04 Å². The van der Waals surface area contributed by atoms with Gasteiger partial charge < -0.3 is 4.74 Å². The SMILES string of the molecule is COC(=O)[C@H]1CC[C@H]2CC[C@H]1N2C. The zero-order valence-corrected chi connectivity index (χ0v) is 8.32. The fraction of sp³-hybridized carbons (Fsp3) is 0.900. The van der Waals surface area contributed by atoms with Crippen LogP contribution in [0.5, 0.6) is 0 Å². The molecule has 2 bridgehead atoms. The van der Waals surface area contributed by atoms with Gasteiger partial charge in [-0.25, -0.2) is 0 Å². The first-order valence-corrected chi connectivity index (χ1v) is 5.04. The van der Waals surface area contributed by atoms with E-state index in [9.17, 15) is 4.79 Å². The van der Waals surface area contributed by atoms with Gasteiger partial charge in [-0.3, -0.25) is 9.69 Å². The molecule has 2 fully saturated rings. The molecular formula is C10H17NO2. The topological polar surface area (TPSA) is 29.5 Å². The molecule has 0 amide bonds. The number of methoxy groups -OCH3 is 1. The maximum Gasteiger partial charge on any atom is 0.310 e. The van der Waals surface area contributed by atoms with Crippen LogP contribution in [0, 0.1) is 5.92 Å². The van der Waals surface area contributed by atoms with Gasteiger partial charge in [0.15, 0.2) is 0 Å². The van der Waals surface area contributed by atoms with Gasteiger partial charge in [0.25, 0.3) is 0 Å². The van der Waals surface area contributed by atoms with Crippen LogP contribution in [0.15, 0.2) is 0 Å². The molecule has 3 heteroatoms. The fourth-order valence-electron chi connectivity index (χ4n) is 2.86. The van der Waals surface area contributed by atoms with Gasteiger partial charge in [0, 0.05) is 12.1 Å². The Kier molecular flexibility index (Phi) is 2.28. The summed E-state index contributed by atoms with van der Waals surface area (Å²) in [5.41, 5.74) is 0. The van der Waals surface area contributed by atoms with E-state index in [1.54, 1.807) is 0 Å². The highest BCUT2D eigenvalue weighted by Crippen LogP contribution is 2.38. The van der Waals surface area contributed by atoms with Crippen molar-refractivity contribution in [2.45, 2.75) is 37.8 Å². The summed E-state index contributed by atoms with van der Waals surface area (Å²) < 4.78 is 4.82. The van der Waals surface area contributed by atoms with Crippen LogP contribution in [0.4, 0.5) is 0 Å². The third kappa shape index (κ3) is 1.35. The Morgan fingerprint density at radius 3 is 2.69 bits per heavy atom. The van der Waals surface area contributed by atoms with Gasteiger partial charge in [-0.2, -0.15) is 0 Å². The smallest absolute Gasteiger partial charge is 0.310 e. The largest absolute Gasteiger partial charge is 0.469 e. The highest BCUT2D eigenvalue weighted by molar-refractivity contribution is 5.73. The van der Waals surface area contributed by atoms with E-state index >= 15 is 0 Å². The molecule has 0 aromatic rings. The molecule has 2 rings (SSSR count). The Labute approximate surface area is 79.0 Å². The minimum Gasteiger partial charge on any atom is -0.469 e. The second-order valence-electron chi connectivity index (χ2n) is 4.17. The number of ether oxygens (including phenoxy) is 1. The van der Waals surface area contributed by atoms with Crippen LogP contribution in [-0.4, -0.2) is 37.1 Å². The minimum absolute atomic E-state index is 0.0165. The lowest BCUT2D eigenvalue weighted by atomic mass is 9.91. The molecule has 0 radical (unpaired) electrons. The molecule has 2 aliphatic rings. The van der Waals surface area contributed by atoms with Gasteiger partial charge in [0.05, 0.1) is 13.0 Å². The molecule has 2 aliphatic heterocycles. The van der Waals surface area contributed by atoms with Gasteiger partial charge in [0.2, 0.25) is 0 Å². The van der Waals surface area contributed by atoms with Crippen molar-refractivity contribution in [3.8, 4) is 0 Å². The van der Waals surface area contributed by atoms with Gasteiger partial charge in [-0.05, 0) is 32.7 Å². The van der Waals surface area contributed by atoms with Gasteiger partial charge >= 0.3 is 5.97 Å². The second-order valence-corrected chi connectivity index (χ2v) is 4.17. The Bertz CT molecular complexity index is 217. The summed E-state index contributed by atoms with van der Waals surface area (Å²) in [5.74, 6) is 0.117. The lowest BCUT2D eigenvalue weighted by molar-refractivity contribution is -0.149. The number of nitrogens with zero attached hydrogens (tertiary/aromatic N) is 1. The van der Waals surface area contributed by atoms with E-state index < -0.39 is 0 Å². The first-order chi connectivity index (χ1) is 6.24. The summed E-state index contributed by atoms with van der Waals surface area (Å²) in [7, 11) is 3.63. The van der Waals surface area contributed by atoms with Crippen LogP contribution in [0.3, 0.4) is 0 Å². The lowest BCUT2D eigenvalue weighted by Crippen LogP contribution is -2.45. The van der Waals surface area contributed by atoms with Crippen LogP contribution in [0.25, 0.3) is 0 Å². The Hall–Kier alpha value is -0.570. The van der Waals surface area contributed by atoms with Crippen molar-refractivity contribution in [1.29, 1.82) is 0 Å². The third-order valence-electron chi connectivity index (χ3n) is 3.67. The number of hydrogen-bond acceptors (Lipinski definition) is 3. The van der Waals surface area contributed by atoms with Crippen molar-refractivity contribution in [2.24, 2.45) is 5.92 Å². The fourth-order valence-corrected chi connectivity index (χ4v) is 2.86. The van der Waals surface area contributed by atoms with Gasteiger partial charge in [-0.1, -0.05) is 0 Å². The minimum atomic E-state index is -0.0165. The number of hydrogen-bond donors (Lipinski definition) is 0. The molecular weight excluding hydrogens is 166 g/mol. The van der Waals surface area contributed by atoms with Crippen molar-refractivity contribution in [3.63, 3.8) is 0 Å². The highest BCUT2D eigenvalue weighted by Gasteiger charge is 2.43. The van der Waals surface area contributed by atoms with Crippen molar-refractivity contribution < 1.29 is 9.53 Å². The molecule has 3 atom stereocenters. The van der Waals surface area contributed by atoms with E-state index in [2.05, 4.69) is 11.9 Å². The quantitative estimate of drug-likeness (QED) is 0.569. The van der Waals surface area contributed by atoms with E-state index in [1.165, 1.54) is 20.0 Å². The molecule has 13 heavy (non-hydrogen) atoms. The number of fused-ring (bicyclic) bond motifs is 2. The predicted molar refractivity (Wildman–Crippen MR) is 49.3 cm³/mol. The molecule has 2 saturated heterocycles. The summed E-state index contributed by atoms with van der Waals surface area (Å²) in [6, 6.07) is 1.18. The summed E-state index contributed by atoms with van der Waals surface area (Å²) in [4.78, 5) is 13.8. The number of piperidine rings is 1. The van der Waals surface area contributed by atoms with Crippen LogP contribution in [0.2, 0.25) is 0 Å². The molecule has 2 heterocycles. The van der Waals surface area contributed by atoms with E-state index in [-0.39, 0.29) is 11.9 Å². The van der Waals surface area contributed by atoms with Crippen LogP contribution >= 0.6 is 0 Å². The zero-order chi connectivity index (χ0) is 9.42. The van der Waals surface area contributed by atoms with Crippen LogP contribution in [-0.2, 0) is 9.53 Å². The summed E-state index contributed by atoms with van der Waals surface area (Å²) in [6.07, 6.45) is 4.61. The number of carbonyl (C=O) groups excluding carboxylic acids is 1. The molecule has 0 aromatic heterocycles. The van der Waals surface area contributed by atoms with Gasteiger partial charge in [-0.15, -0.1) is 0 Å². The second kappa shape index (κ2) is 3.29. The summed E-state index contributed by atoms with van der Waals surface area (Å²) in [6.45, 7) is 0. The molecule has 3 nitrogen and oxygen atoms in total. The number of esters is 1. The van der Waals surface area contributed by atoms with E-state index in [4.69, 9.17) is 4.74 Å². The van der Waals surface area contributed by atoms with Crippen molar-refractivity contribution in [1.82, 2.24) is 4.90 Å². The first kappa shape index (κ1) is 9.00. The molecule has 0 aliphatic carbocycles. The molecule has 0 spiro atoms. The Balaban J connectivity index is 2.10. The lowest BCUT2D eigenvalue weighted by Gasteiger charge is -2.35. The van der Waals surface area contributed by atoms with Crippen LogP contribution < -0.4 is 0 Å². The normalized spacial score (nSPS) is 39.1. The Morgan fingerprint density at radius 2 is 2.00 bits per heavy atom. The number of carbonyl (C=O) groups is 1. The van der Waals surface area contributed by atoms with Crippen molar-refractivity contribution >= 4 is 5.97 Å². The molecule has 74 valence electrons. The molecule has 0 saturated carbocycles. The monoisotopic (exact) mass is 183 g/mol. The third-order valence-corrected chi connectivity index (χ3v) is 3.67. The predicted octanol–water partition coefficient (Wildman–Crippen LogP) is 1.03. The zero-order valence-electron chi connectivity index (χ0n) is 8.32. The molecule has 0 unspecified atom stereocenters. The maximum atomic E-state index is 11.5. The highest BCUT2D eigenvalue weighted by atomic mass is 16.5. The van der Waals surface area contributed by atoms with Crippen molar-refractivity contribution in [2.75, 3.05) is 14.2 Å². The average Bonchev–Trinajstić information content (AvgIpc) is 2.41.